The Labute approximate surface area is 146 Å². The van der Waals surface area contributed by atoms with Crippen LogP contribution < -0.4 is 10.9 Å². The highest BCUT2D eigenvalue weighted by molar-refractivity contribution is 5.91. The van der Waals surface area contributed by atoms with Gasteiger partial charge >= 0.3 is 0 Å². The number of H-pyrrole nitrogens is 1. The minimum absolute atomic E-state index is 0.104. The lowest BCUT2D eigenvalue weighted by Crippen LogP contribution is -2.25. The van der Waals surface area contributed by atoms with E-state index in [9.17, 15) is 9.59 Å². The maximum absolute atomic E-state index is 12.1. The van der Waals surface area contributed by atoms with Crippen molar-refractivity contribution in [3.63, 3.8) is 0 Å². The van der Waals surface area contributed by atoms with E-state index in [1.807, 2.05) is 61.5 Å². The third kappa shape index (κ3) is 4.44. The summed E-state index contributed by atoms with van der Waals surface area (Å²) in [5.41, 5.74) is 3.48. The number of carbonyl (C=O) groups is 1. The SMILES string of the molecule is Cc1ccc2cc(CCNC(=O)/C=C/c3ccccc3)c(=O)[nH]c2c1. The predicted molar refractivity (Wildman–Crippen MR) is 101 cm³/mol. The minimum atomic E-state index is -0.170. The maximum atomic E-state index is 12.1. The molecule has 0 aliphatic heterocycles. The van der Waals surface area contributed by atoms with E-state index in [0.717, 1.165) is 22.0 Å². The highest BCUT2D eigenvalue weighted by Gasteiger charge is 2.04. The Bertz CT molecular complexity index is 972. The van der Waals surface area contributed by atoms with E-state index in [1.54, 1.807) is 6.08 Å². The van der Waals surface area contributed by atoms with Crippen LogP contribution >= 0.6 is 0 Å². The van der Waals surface area contributed by atoms with Gasteiger partial charge < -0.3 is 10.3 Å². The molecule has 0 saturated heterocycles. The van der Waals surface area contributed by atoms with Gasteiger partial charge in [-0.3, -0.25) is 9.59 Å². The molecule has 1 amide bonds. The topological polar surface area (TPSA) is 62.0 Å². The monoisotopic (exact) mass is 332 g/mol. The van der Waals surface area contributed by atoms with Crippen LogP contribution in [0.25, 0.3) is 17.0 Å². The number of rotatable bonds is 5. The zero-order valence-corrected chi connectivity index (χ0v) is 14.1. The van der Waals surface area contributed by atoms with Crippen molar-refractivity contribution in [1.29, 1.82) is 0 Å². The van der Waals surface area contributed by atoms with Gasteiger partial charge in [0.1, 0.15) is 0 Å². The average Bonchev–Trinajstić information content (AvgIpc) is 2.61. The third-order valence-corrected chi connectivity index (χ3v) is 4.00. The van der Waals surface area contributed by atoms with Gasteiger partial charge in [-0.05, 0) is 48.1 Å². The van der Waals surface area contributed by atoms with Crippen LogP contribution in [0.3, 0.4) is 0 Å². The Morgan fingerprint density at radius 3 is 2.72 bits per heavy atom. The maximum Gasteiger partial charge on any atom is 0.251 e. The van der Waals surface area contributed by atoms with Gasteiger partial charge in [-0.1, -0.05) is 42.5 Å². The largest absolute Gasteiger partial charge is 0.352 e. The molecule has 126 valence electrons. The molecule has 0 fully saturated rings. The number of hydrogen-bond acceptors (Lipinski definition) is 2. The molecule has 0 aliphatic carbocycles. The van der Waals surface area contributed by atoms with Crippen molar-refractivity contribution in [3.05, 3.63) is 87.7 Å². The number of pyridine rings is 1. The first-order chi connectivity index (χ1) is 12.1. The lowest BCUT2D eigenvalue weighted by molar-refractivity contribution is -0.116. The number of nitrogens with one attached hydrogen (secondary N) is 2. The van der Waals surface area contributed by atoms with Gasteiger partial charge in [0.2, 0.25) is 5.91 Å². The molecule has 4 heteroatoms. The van der Waals surface area contributed by atoms with E-state index in [-0.39, 0.29) is 11.5 Å². The van der Waals surface area contributed by atoms with Crippen LogP contribution in [0.1, 0.15) is 16.7 Å². The summed E-state index contributed by atoms with van der Waals surface area (Å²) < 4.78 is 0. The first-order valence-corrected chi connectivity index (χ1v) is 8.25. The van der Waals surface area contributed by atoms with Crippen LogP contribution in [0.4, 0.5) is 0 Å². The van der Waals surface area contributed by atoms with Gasteiger partial charge in [0.05, 0.1) is 0 Å². The van der Waals surface area contributed by atoms with Gasteiger partial charge in [-0.2, -0.15) is 0 Å². The zero-order valence-electron chi connectivity index (χ0n) is 14.1. The van der Waals surface area contributed by atoms with E-state index in [0.29, 0.717) is 18.5 Å². The van der Waals surface area contributed by atoms with E-state index in [1.165, 1.54) is 6.08 Å². The van der Waals surface area contributed by atoms with Gasteiger partial charge in [0.25, 0.3) is 5.56 Å². The van der Waals surface area contributed by atoms with E-state index >= 15 is 0 Å². The van der Waals surface area contributed by atoms with Crippen LogP contribution in [-0.2, 0) is 11.2 Å². The average molecular weight is 332 g/mol. The molecular formula is C21H20N2O2. The molecule has 2 aromatic carbocycles. The molecule has 0 saturated carbocycles. The van der Waals surface area contributed by atoms with Gasteiger partial charge in [-0.15, -0.1) is 0 Å². The fourth-order valence-corrected chi connectivity index (χ4v) is 2.66. The Kier molecular flexibility index (Phi) is 5.09. The Balaban J connectivity index is 1.60. The molecule has 0 spiro atoms. The molecule has 2 N–H and O–H groups in total. The molecule has 0 aliphatic rings. The molecule has 3 aromatic rings. The number of hydrogen-bond donors (Lipinski definition) is 2. The van der Waals surface area contributed by atoms with Gasteiger partial charge in [0, 0.05) is 23.7 Å². The summed E-state index contributed by atoms with van der Waals surface area (Å²) in [4.78, 5) is 26.9. The van der Waals surface area contributed by atoms with Crippen LogP contribution in [0.5, 0.6) is 0 Å². The van der Waals surface area contributed by atoms with Crippen LogP contribution in [0.15, 0.2) is 65.5 Å². The Morgan fingerprint density at radius 2 is 1.92 bits per heavy atom. The third-order valence-electron chi connectivity index (χ3n) is 4.00. The molecule has 0 radical (unpaired) electrons. The summed E-state index contributed by atoms with van der Waals surface area (Å²) in [5.74, 6) is -0.170. The van der Waals surface area contributed by atoms with Crippen molar-refractivity contribution >= 4 is 22.9 Å². The van der Waals surface area contributed by atoms with Crippen molar-refractivity contribution in [2.75, 3.05) is 6.54 Å². The second-order valence-electron chi connectivity index (χ2n) is 6.00. The number of aromatic nitrogens is 1. The number of aryl methyl sites for hydroxylation is 1. The number of amides is 1. The van der Waals surface area contributed by atoms with Crippen molar-refractivity contribution in [3.8, 4) is 0 Å². The first-order valence-electron chi connectivity index (χ1n) is 8.25. The Hall–Kier alpha value is -3.14. The standard InChI is InChI=1S/C21H20N2O2/c1-15-7-9-17-14-18(21(25)23-19(17)13-15)11-12-22-20(24)10-8-16-5-3-2-4-6-16/h2-10,13-14H,11-12H2,1H3,(H,22,24)(H,23,25)/b10-8+. The van der Waals surface area contributed by atoms with E-state index in [4.69, 9.17) is 0 Å². The van der Waals surface area contributed by atoms with Crippen LogP contribution in [-0.4, -0.2) is 17.4 Å². The number of fused-ring (bicyclic) bond motifs is 1. The van der Waals surface area contributed by atoms with Gasteiger partial charge in [-0.25, -0.2) is 0 Å². The smallest absolute Gasteiger partial charge is 0.251 e. The molecule has 0 bridgehead atoms. The Morgan fingerprint density at radius 1 is 1.12 bits per heavy atom. The molecule has 4 nitrogen and oxygen atoms in total. The highest BCUT2D eigenvalue weighted by Crippen LogP contribution is 2.13. The lowest BCUT2D eigenvalue weighted by atomic mass is 10.1. The minimum Gasteiger partial charge on any atom is -0.352 e. The molecule has 25 heavy (non-hydrogen) atoms. The zero-order chi connectivity index (χ0) is 17.6. The molecule has 0 unspecified atom stereocenters. The second kappa shape index (κ2) is 7.62. The summed E-state index contributed by atoms with van der Waals surface area (Å²) in [7, 11) is 0. The number of carbonyl (C=O) groups excluding carboxylic acids is 1. The molecule has 0 atom stereocenters. The van der Waals surface area contributed by atoms with E-state index < -0.39 is 0 Å². The summed E-state index contributed by atoms with van der Waals surface area (Å²) in [6.45, 7) is 2.41. The van der Waals surface area contributed by atoms with Crippen molar-refractivity contribution in [1.82, 2.24) is 10.3 Å². The first kappa shape index (κ1) is 16.7. The molecule has 3 rings (SSSR count). The van der Waals surface area contributed by atoms with Gasteiger partial charge in [0.15, 0.2) is 0 Å². The van der Waals surface area contributed by atoms with Crippen molar-refractivity contribution in [2.45, 2.75) is 13.3 Å². The quantitative estimate of drug-likeness (QED) is 0.705. The van der Waals surface area contributed by atoms with Crippen LogP contribution in [0, 0.1) is 6.92 Å². The number of aromatic amines is 1. The summed E-state index contributed by atoms with van der Waals surface area (Å²) in [5, 5.41) is 3.80. The molecular weight excluding hydrogens is 312 g/mol. The van der Waals surface area contributed by atoms with Crippen LogP contribution in [0.2, 0.25) is 0 Å². The second-order valence-corrected chi connectivity index (χ2v) is 6.00. The molecule has 1 heterocycles. The highest BCUT2D eigenvalue weighted by atomic mass is 16.1. The van der Waals surface area contributed by atoms with E-state index in [2.05, 4.69) is 10.3 Å². The fraction of sp³-hybridized carbons (Fsp3) is 0.143. The normalized spacial score (nSPS) is 11.1. The van der Waals surface area contributed by atoms with Crippen molar-refractivity contribution in [2.24, 2.45) is 0 Å². The predicted octanol–water partition coefficient (Wildman–Crippen LogP) is 3.21. The molecule has 1 aromatic heterocycles. The summed E-state index contributed by atoms with van der Waals surface area (Å²) >= 11 is 0. The van der Waals surface area contributed by atoms with Crippen molar-refractivity contribution < 1.29 is 4.79 Å². The number of benzene rings is 2. The lowest BCUT2D eigenvalue weighted by Gasteiger charge is -2.05. The summed E-state index contributed by atoms with van der Waals surface area (Å²) in [6, 6.07) is 17.5. The summed E-state index contributed by atoms with van der Waals surface area (Å²) in [6.07, 6.45) is 3.76. The fourth-order valence-electron chi connectivity index (χ4n) is 2.66.